The maximum atomic E-state index is 11.4. The van der Waals surface area contributed by atoms with Gasteiger partial charge < -0.3 is 15.2 Å². The molecule has 0 saturated heterocycles. The molecule has 1 amide bonds. The molecule has 0 bridgehead atoms. The molecule has 0 spiro atoms. The zero-order chi connectivity index (χ0) is 14.1. The van der Waals surface area contributed by atoms with Crippen LogP contribution in [0, 0.1) is 5.92 Å². The van der Waals surface area contributed by atoms with Crippen molar-refractivity contribution in [3.63, 3.8) is 0 Å². The second kappa shape index (κ2) is 8.13. The molecule has 0 aliphatic rings. The molecule has 1 aromatic carbocycles. The van der Waals surface area contributed by atoms with E-state index in [-0.39, 0.29) is 18.9 Å². The lowest BCUT2D eigenvalue weighted by Gasteiger charge is -2.10. The van der Waals surface area contributed by atoms with Gasteiger partial charge in [0.2, 0.25) is 0 Å². The Morgan fingerprint density at radius 3 is 2.63 bits per heavy atom. The summed E-state index contributed by atoms with van der Waals surface area (Å²) in [5, 5.41) is 11.2. The molecule has 1 aromatic rings. The number of aliphatic carboxylic acids is 1. The molecule has 0 fully saturated rings. The number of hydrogen-bond donors (Lipinski definition) is 2. The van der Waals surface area contributed by atoms with Gasteiger partial charge in [0.25, 0.3) is 0 Å². The molecule has 5 nitrogen and oxygen atoms in total. The predicted molar refractivity (Wildman–Crippen MR) is 70.7 cm³/mol. The quantitative estimate of drug-likeness (QED) is 0.793. The fourth-order valence-corrected chi connectivity index (χ4v) is 1.59. The van der Waals surface area contributed by atoms with Crippen LogP contribution in [0.4, 0.5) is 4.79 Å². The van der Waals surface area contributed by atoms with E-state index in [1.807, 2.05) is 37.3 Å². The summed E-state index contributed by atoms with van der Waals surface area (Å²) in [6.45, 7) is 2.49. The molecule has 0 aromatic heterocycles. The summed E-state index contributed by atoms with van der Waals surface area (Å²) < 4.78 is 5.02. The molecule has 2 N–H and O–H groups in total. The lowest BCUT2D eigenvalue weighted by atomic mass is 10.0. The molecule has 0 heterocycles. The summed E-state index contributed by atoms with van der Waals surface area (Å²) in [5.41, 5.74) is 0.928. The summed E-state index contributed by atoms with van der Waals surface area (Å²) in [7, 11) is 0. The smallest absolute Gasteiger partial charge is 0.407 e. The highest BCUT2D eigenvalue weighted by Crippen LogP contribution is 2.06. The topological polar surface area (TPSA) is 75.6 Å². The van der Waals surface area contributed by atoms with Gasteiger partial charge in [-0.05, 0) is 17.9 Å². The molecule has 5 heteroatoms. The maximum absolute atomic E-state index is 11.4. The van der Waals surface area contributed by atoms with Gasteiger partial charge in [0.1, 0.15) is 6.61 Å². The number of carbonyl (C=O) groups excluding carboxylic acids is 1. The summed E-state index contributed by atoms with van der Waals surface area (Å²) in [6.07, 6.45) is 0.249. The van der Waals surface area contributed by atoms with Crippen LogP contribution in [0.1, 0.15) is 25.3 Å². The van der Waals surface area contributed by atoms with Crippen LogP contribution in [0.5, 0.6) is 0 Å². The maximum Gasteiger partial charge on any atom is 0.407 e. The third kappa shape index (κ3) is 7.08. The summed E-state index contributed by atoms with van der Waals surface area (Å²) in [5.74, 6) is -0.786. The van der Waals surface area contributed by atoms with E-state index in [0.29, 0.717) is 13.0 Å². The summed E-state index contributed by atoms with van der Waals surface area (Å²) in [4.78, 5) is 21.8. The molecule has 104 valence electrons. The Bertz CT molecular complexity index is 405. The highest BCUT2D eigenvalue weighted by molar-refractivity contribution is 5.67. The minimum Gasteiger partial charge on any atom is -0.481 e. The van der Waals surface area contributed by atoms with Crippen molar-refractivity contribution in [2.75, 3.05) is 6.54 Å². The van der Waals surface area contributed by atoms with Gasteiger partial charge in [0.05, 0.1) is 0 Å². The van der Waals surface area contributed by atoms with Crippen molar-refractivity contribution in [3.05, 3.63) is 35.9 Å². The average Bonchev–Trinajstić information content (AvgIpc) is 2.36. The van der Waals surface area contributed by atoms with Crippen LogP contribution in [0.3, 0.4) is 0 Å². The number of carboxylic acids is 1. The van der Waals surface area contributed by atoms with E-state index in [4.69, 9.17) is 9.84 Å². The summed E-state index contributed by atoms with van der Waals surface area (Å²) >= 11 is 0. The Labute approximate surface area is 112 Å². The fraction of sp³-hybridized carbons (Fsp3) is 0.429. The van der Waals surface area contributed by atoms with Gasteiger partial charge in [0, 0.05) is 13.0 Å². The highest BCUT2D eigenvalue weighted by atomic mass is 16.5. The number of nitrogens with one attached hydrogen (secondary N) is 1. The van der Waals surface area contributed by atoms with Crippen LogP contribution < -0.4 is 5.32 Å². The van der Waals surface area contributed by atoms with Crippen molar-refractivity contribution in [1.82, 2.24) is 5.32 Å². The molecule has 1 rings (SSSR count). The van der Waals surface area contributed by atoms with Crippen molar-refractivity contribution >= 4 is 12.1 Å². The Balaban J connectivity index is 2.13. The number of alkyl carbamates (subject to hydrolysis) is 1. The Hall–Kier alpha value is -2.04. The van der Waals surface area contributed by atoms with Crippen LogP contribution in [-0.4, -0.2) is 23.7 Å². The lowest BCUT2D eigenvalue weighted by molar-refractivity contribution is -0.138. The van der Waals surface area contributed by atoms with Gasteiger partial charge in [0.15, 0.2) is 0 Å². The molecule has 0 aliphatic heterocycles. The first-order chi connectivity index (χ1) is 9.08. The van der Waals surface area contributed by atoms with Gasteiger partial charge in [-0.15, -0.1) is 0 Å². The monoisotopic (exact) mass is 265 g/mol. The van der Waals surface area contributed by atoms with E-state index >= 15 is 0 Å². The lowest BCUT2D eigenvalue weighted by Crippen LogP contribution is -2.26. The minimum atomic E-state index is -0.820. The SMILES string of the molecule is C[C@H](CCNC(=O)OCc1ccccc1)CC(=O)O. The van der Waals surface area contributed by atoms with Crippen molar-refractivity contribution in [2.45, 2.75) is 26.4 Å². The Morgan fingerprint density at radius 2 is 2.00 bits per heavy atom. The van der Waals surface area contributed by atoms with Gasteiger partial charge >= 0.3 is 12.1 Å². The Kier molecular flexibility index (Phi) is 6.43. The predicted octanol–water partition coefficient (Wildman–Crippen LogP) is 2.41. The highest BCUT2D eigenvalue weighted by Gasteiger charge is 2.08. The number of rotatable bonds is 7. The number of hydrogen-bond acceptors (Lipinski definition) is 3. The second-order valence-electron chi connectivity index (χ2n) is 4.48. The first kappa shape index (κ1) is 15.0. The molecule has 0 unspecified atom stereocenters. The number of carbonyl (C=O) groups is 2. The van der Waals surface area contributed by atoms with Crippen LogP contribution in [0.25, 0.3) is 0 Å². The molecular weight excluding hydrogens is 246 g/mol. The van der Waals surface area contributed by atoms with E-state index < -0.39 is 12.1 Å². The van der Waals surface area contributed by atoms with Crippen molar-refractivity contribution in [1.29, 1.82) is 0 Å². The summed E-state index contributed by atoms with van der Waals surface area (Å²) in [6, 6.07) is 9.41. The molecule has 19 heavy (non-hydrogen) atoms. The third-order valence-electron chi connectivity index (χ3n) is 2.64. The minimum absolute atomic E-state index is 0.0342. The molecule has 0 radical (unpaired) electrons. The number of carboxylic acid groups (broad SMARTS) is 1. The largest absolute Gasteiger partial charge is 0.481 e. The van der Waals surface area contributed by atoms with Crippen LogP contribution >= 0.6 is 0 Å². The molecule has 0 saturated carbocycles. The van der Waals surface area contributed by atoms with Gasteiger partial charge in [-0.3, -0.25) is 4.79 Å². The van der Waals surface area contributed by atoms with Gasteiger partial charge in [-0.2, -0.15) is 0 Å². The standard InChI is InChI=1S/C14H19NO4/c1-11(9-13(16)17)7-8-15-14(18)19-10-12-5-3-2-4-6-12/h2-6,11H,7-10H2,1H3,(H,15,18)(H,16,17)/t11-/m1/s1. The number of benzene rings is 1. The average molecular weight is 265 g/mol. The van der Waals surface area contributed by atoms with Gasteiger partial charge in [-0.1, -0.05) is 37.3 Å². The van der Waals surface area contributed by atoms with E-state index in [1.54, 1.807) is 0 Å². The Morgan fingerprint density at radius 1 is 1.32 bits per heavy atom. The van der Waals surface area contributed by atoms with Crippen molar-refractivity contribution in [2.24, 2.45) is 5.92 Å². The first-order valence-electron chi connectivity index (χ1n) is 6.24. The molecular formula is C14H19NO4. The van der Waals surface area contributed by atoms with Gasteiger partial charge in [-0.25, -0.2) is 4.79 Å². The van der Waals surface area contributed by atoms with E-state index in [1.165, 1.54) is 0 Å². The van der Waals surface area contributed by atoms with Crippen molar-refractivity contribution in [3.8, 4) is 0 Å². The molecule has 1 atom stereocenters. The van der Waals surface area contributed by atoms with E-state index in [2.05, 4.69) is 5.32 Å². The van der Waals surface area contributed by atoms with Crippen LogP contribution in [0.15, 0.2) is 30.3 Å². The van der Waals surface area contributed by atoms with Crippen LogP contribution in [-0.2, 0) is 16.1 Å². The normalized spacial score (nSPS) is 11.6. The van der Waals surface area contributed by atoms with E-state index in [0.717, 1.165) is 5.56 Å². The zero-order valence-electron chi connectivity index (χ0n) is 11.0. The number of ether oxygens (including phenoxy) is 1. The third-order valence-corrected chi connectivity index (χ3v) is 2.64. The van der Waals surface area contributed by atoms with E-state index in [9.17, 15) is 9.59 Å². The zero-order valence-corrected chi connectivity index (χ0v) is 11.0. The van der Waals surface area contributed by atoms with Crippen LogP contribution in [0.2, 0.25) is 0 Å². The second-order valence-corrected chi connectivity index (χ2v) is 4.48. The number of amides is 1. The fourth-order valence-electron chi connectivity index (χ4n) is 1.59. The van der Waals surface area contributed by atoms with Crippen molar-refractivity contribution < 1.29 is 19.4 Å². The molecule has 0 aliphatic carbocycles. The first-order valence-corrected chi connectivity index (χ1v) is 6.24.